The number of ether oxygens (including phenoxy) is 2. The van der Waals surface area contributed by atoms with Gasteiger partial charge in [0.2, 0.25) is 0 Å². The van der Waals surface area contributed by atoms with E-state index in [1.165, 1.54) is 83.5 Å². The fourth-order valence-electron chi connectivity index (χ4n) is 7.19. The van der Waals surface area contributed by atoms with Crippen LogP contribution in [-0.4, -0.2) is 70.0 Å². The van der Waals surface area contributed by atoms with Gasteiger partial charge in [0.25, 0.3) is 7.82 Å². The molecule has 0 aromatic heterocycles. The van der Waals surface area contributed by atoms with Gasteiger partial charge in [-0.25, -0.2) is 0 Å². The lowest BCUT2D eigenvalue weighted by Gasteiger charge is -2.28. The zero-order chi connectivity index (χ0) is 49.9. The van der Waals surface area contributed by atoms with E-state index < -0.39 is 32.5 Å². The molecule has 0 spiro atoms. The van der Waals surface area contributed by atoms with Crippen LogP contribution < -0.4 is 4.89 Å². The van der Waals surface area contributed by atoms with Crippen molar-refractivity contribution >= 4 is 19.8 Å². The number of quaternary nitrogens is 1. The van der Waals surface area contributed by atoms with Gasteiger partial charge in [0.1, 0.15) is 19.8 Å². The molecule has 0 saturated carbocycles. The second-order valence-corrected chi connectivity index (χ2v) is 20.6. The normalized spacial score (nSPS) is 14.0. The standard InChI is InChI=1S/C58H102NO8P/c1-6-8-10-12-14-16-18-20-21-22-23-24-25-26-27-28-29-30-31-32-33-34-35-36-37-39-41-43-45-47-49-51-58(61)67-56(55-66-68(62,63)65-53-52-59(3,4)5)54-64-57(60)50-48-46-44-42-40-38-19-17-15-13-11-9-7-2/h8,10-11,13-14,16-17,19-21,23-24,26-27,56H,6-7,9,12,15,18,22,25,28-55H2,1-5H3/b10-8-,13-11-,16-14-,19-17-,21-20-,24-23-,27-26-. The zero-order valence-electron chi connectivity index (χ0n) is 44.3. The Bertz CT molecular complexity index is 1420. The highest BCUT2D eigenvalue weighted by Crippen LogP contribution is 2.38. The number of phosphoric acid groups is 1. The van der Waals surface area contributed by atoms with Crippen LogP contribution in [0.4, 0.5) is 0 Å². The first-order chi connectivity index (χ1) is 33.0. The highest BCUT2D eigenvalue weighted by atomic mass is 31.2. The average Bonchev–Trinajstić information content (AvgIpc) is 3.30. The van der Waals surface area contributed by atoms with Crippen LogP contribution in [0.3, 0.4) is 0 Å². The Morgan fingerprint density at radius 2 is 0.838 bits per heavy atom. The Hall–Kier alpha value is -2.81. The number of carbonyl (C=O) groups excluding carboxylic acids is 2. The van der Waals surface area contributed by atoms with E-state index in [1.807, 2.05) is 21.1 Å². The van der Waals surface area contributed by atoms with E-state index in [-0.39, 0.29) is 26.1 Å². The summed E-state index contributed by atoms with van der Waals surface area (Å²) in [5.74, 6) is -0.852. The molecule has 0 aliphatic heterocycles. The number of hydrogen-bond donors (Lipinski definition) is 0. The quantitative estimate of drug-likeness (QED) is 0.0195. The summed E-state index contributed by atoms with van der Waals surface area (Å²) >= 11 is 0. The monoisotopic (exact) mass is 972 g/mol. The van der Waals surface area contributed by atoms with Crippen LogP contribution >= 0.6 is 7.82 Å². The minimum absolute atomic E-state index is 0.0359. The number of allylic oxidation sites excluding steroid dienone is 14. The van der Waals surface area contributed by atoms with Gasteiger partial charge < -0.3 is 27.9 Å². The molecule has 0 N–H and O–H groups in total. The molecule has 0 amide bonds. The third-order valence-electron chi connectivity index (χ3n) is 11.4. The predicted octanol–water partition coefficient (Wildman–Crippen LogP) is 16.1. The molecular weight excluding hydrogens is 870 g/mol. The number of likely N-dealkylation sites (N-methyl/N-ethyl adjacent to an activating group) is 1. The summed E-state index contributed by atoms with van der Waals surface area (Å²) in [6.45, 7) is 4.04. The summed E-state index contributed by atoms with van der Waals surface area (Å²) in [4.78, 5) is 37.7. The molecule has 9 nitrogen and oxygen atoms in total. The molecule has 0 bridgehead atoms. The minimum atomic E-state index is -4.64. The van der Waals surface area contributed by atoms with E-state index in [0.717, 1.165) is 96.3 Å². The maximum absolute atomic E-state index is 12.8. The Kier molecular flexibility index (Phi) is 47.2. The zero-order valence-corrected chi connectivity index (χ0v) is 45.2. The van der Waals surface area contributed by atoms with Crippen molar-refractivity contribution in [2.24, 2.45) is 0 Å². The smallest absolute Gasteiger partial charge is 0.306 e. The summed E-state index contributed by atoms with van der Waals surface area (Å²) in [6, 6.07) is 0. The van der Waals surface area contributed by atoms with Crippen molar-refractivity contribution < 1.29 is 42.1 Å². The highest BCUT2D eigenvalue weighted by molar-refractivity contribution is 7.45. The summed E-state index contributed by atoms with van der Waals surface area (Å²) in [7, 11) is 1.15. The van der Waals surface area contributed by atoms with Crippen LogP contribution in [0.25, 0.3) is 0 Å². The van der Waals surface area contributed by atoms with Gasteiger partial charge in [-0.1, -0.05) is 208 Å². The van der Waals surface area contributed by atoms with E-state index in [4.69, 9.17) is 18.5 Å². The first kappa shape index (κ1) is 65.2. The topological polar surface area (TPSA) is 111 Å². The van der Waals surface area contributed by atoms with Gasteiger partial charge in [-0.3, -0.25) is 14.2 Å². The molecule has 0 aliphatic rings. The van der Waals surface area contributed by atoms with Crippen molar-refractivity contribution in [3.05, 3.63) is 85.1 Å². The summed E-state index contributed by atoms with van der Waals surface area (Å²) < 4.78 is 34.0. The van der Waals surface area contributed by atoms with Gasteiger partial charge in [-0.2, -0.15) is 0 Å². The van der Waals surface area contributed by atoms with Crippen LogP contribution in [0.15, 0.2) is 85.1 Å². The first-order valence-electron chi connectivity index (χ1n) is 27.3. The summed E-state index contributed by atoms with van der Waals surface area (Å²) in [5.41, 5.74) is 0. The second-order valence-electron chi connectivity index (χ2n) is 19.2. The molecule has 0 radical (unpaired) electrons. The van der Waals surface area contributed by atoms with Crippen molar-refractivity contribution in [2.45, 2.75) is 225 Å². The summed E-state index contributed by atoms with van der Waals surface area (Å²) in [6.07, 6.45) is 64.9. The van der Waals surface area contributed by atoms with Gasteiger partial charge in [-0.05, 0) is 83.5 Å². The highest BCUT2D eigenvalue weighted by Gasteiger charge is 2.21. The maximum Gasteiger partial charge on any atom is 0.306 e. The molecule has 0 aliphatic carbocycles. The molecule has 2 unspecified atom stereocenters. The lowest BCUT2D eigenvalue weighted by molar-refractivity contribution is -0.870. The fourth-order valence-corrected chi connectivity index (χ4v) is 7.92. The van der Waals surface area contributed by atoms with E-state index in [9.17, 15) is 19.0 Å². The van der Waals surface area contributed by atoms with E-state index in [1.54, 1.807) is 0 Å². The number of esters is 2. The molecule has 0 aromatic carbocycles. The number of unbranched alkanes of at least 4 members (excludes halogenated alkanes) is 21. The lowest BCUT2D eigenvalue weighted by atomic mass is 10.0. The molecular formula is C58H102NO8P. The molecule has 10 heteroatoms. The van der Waals surface area contributed by atoms with Crippen molar-refractivity contribution in [2.75, 3.05) is 47.5 Å². The van der Waals surface area contributed by atoms with Crippen LogP contribution in [0.2, 0.25) is 0 Å². The Labute approximate surface area is 418 Å². The first-order valence-corrected chi connectivity index (χ1v) is 28.8. The maximum atomic E-state index is 12.8. The third kappa shape index (κ3) is 52.6. The number of carbonyl (C=O) groups is 2. The van der Waals surface area contributed by atoms with E-state index in [0.29, 0.717) is 23.9 Å². The summed E-state index contributed by atoms with van der Waals surface area (Å²) in [5, 5.41) is 0. The van der Waals surface area contributed by atoms with Crippen molar-refractivity contribution in [1.82, 2.24) is 0 Å². The largest absolute Gasteiger partial charge is 0.756 e. The molecule has 0 fully saturated rings. The third-order valence-corrected chi connectivity index (χ3v) is 12.3. The van der Waals surface area contributed by atoms with Crippen LogP contribution in [-0.2, 0) is 32.7 Å². The van der Waals surface area contributed by atoms with Gasteiger partial charge in [0.15, 0.2) is 6.10 Å². The fraction of sp³-hybridized carbons (Fsp3) is 0.724. The Balaban J connectivity index is 4.10. The predicted molar refractivity (Wildman–Crippen MR) is 286 cm³/mol. The molecule has 68 heavy (non-hydrogen) atoms. The molecule has 2 atom stereocenters. The molecule has 0 aromatic rings. The number of hydrogen-bond acceptors (Lipinski definition) is 8. The van der Waals surface area contributed by atoms with E-state index in [2.05, 4.69) is 98.9 Å². The van der Waals surface area contributed by atoms with Gasteiger partial charge >= 0.3 is 11.9 Å². The van der Waals surface area contributed by atoms with Crippen LogP contribution in [0, 0.1) is 0 Å². The molecule has 392 valence electrons. The van der Waals surface area contributed by atoms with Gasteiger partial charge in [0, 0.05) is 12.8 Å². The van der Waals surface area contributed by atoms with Crippen LogP contribution in [0.1, 0.15) is 219 Å². The second kappa shape index (κ2) is 49.2. The number of nitrogens with zero attached hydrogens (tertiary/aromatic N) is 1. The average molecular weight is 972 g/mol. The minimum Gasteiger partial charge on any atom is -0.756 e. The Morgan fingerprint density at radius 3 is 1.25 bits per heavy atom. The van der Waals surface area contributed by atoms with Crippen LogP contribution in [0.5, 0.6) is 0 Å². The number of phosphoric ester groups is 1. The van der Waals surface area contributed by atoms with Crippen molar-refractivity contribution in [1.29, 1.82) is 0 Å². The molecule has 0 heterocycles. The van der Waals surface area contributed by atoms with Gasteiger partial charge in [-0.15, -0.1) is 0 Å². The van der Waals surface area contributed by atoms with E-state index >= 15 is 0 Å². The molecule has 0 saturated heterocycles. The lowest BCUT2D eigenvalue weighted by Crippen LogP contribution is -2.37. The Morgan fingerprint density at radius 1 is 0.471 bits per heavy atom. The van der Waals surface area contributed by atoms with Crippen molar-refractivity contribution in [3.63, 3.8) is 0 Å². The molecule has 0 rings (SSSR count). The SMILES string of the molecule is CC/C=C\C/C=C\C/C=C\C/C=C\C/C=C\CCCCCCCCCCCCCCCCCC(=O)OC(COC(=O)CCCCCCC/C=C\C/C=C\CCC)COP(=O)([O-])OCC[N+](C)(C)C. The number of rotatable bonds is 49. The van der Waals surface area contributed by atoms with Crippen molar-refractivity contribution in [3.8, 4) is 0 Å². The van der Waals surface area contributed by atoms with Gasteiger partial charge in [0.05, 0.1) is 27.7 Å².